The molecule has 0 heterocycles. The first-order valence-electron chi connectivity index (χ1n) is 3.82. The number of alkyl halides is 3. The monoisotopic (exact) mass is 189 g/mol. The summed E-state index contributed by atoms with van der Waals surface area (Å²) in [7, 11) is 0. The van der Waals surface area contributed by atoms with Crippen molar-refractivity contribution in [3.63, 3.8) is 0 Å². The number of benzene rings is 1. The molecule has 1 nitrogen and oxygen atoms in total. The van der Waals surface area contributed by atoms with Gasteiger partial charge < -0.3 is 5.73 Å². The van der Waals surface area contributed by atoms with Gasteiger partial charge in [0.1, 0.15) is 0 Å². The highest BCUT2D eigenvalue weighted by atomic mass is 19.4. The highest BCUT2D eigenvalue weighted by Crippen LogP contribution is 2.32. The molecule has 0 aromatic heterocycles. The number of aryl methyl sites for hydroxylation is 1. The minimum absolute atomic E-state index is 0.128. The molecule has 0 aliphatic carbocycles. The molecule has 0 aliphatic heterocycles. The maximum absolute atomic E-state index is 12.3. The molecule has 0 atom stereocenters. The van der Waals surface area contributed by atoms with Crippen LogP contribution in [0.25, 0.3) is 0 Å². The van der Waals surface area contributed by atoms with Gasteiger partial charge in [-0.15, -0.1) is 0 Å². The van der Waals surface area contributed by atoms with Crippen LogP contribution in [-0.2, 0) is 12.7 Å². The molecule has 0 amide bonds. The van der Waals surface area contributed by atoms with E-state index in [1.54, 1.807) is 6.07 Å². The lowest BCUT2D eigenvalue weighted by molar-refractivity contribution is -0.138. The minimum atomic E-state index is -4.28. The third-order valence-corrected chi connectivity index (χ3v) is 1.84. The highest BCUT2D eigenvalue weighted by Gasteiger charge is 2.32. The van der Waals surface area contributed by atoms with E-state index < -0.39 is 11.7 Å². The van der Waals surface area contributed by atoms with Gasteiger partial charge in [-0.05, 0) is 24.1 Å². The smallest absolute Gasteiger partial charge is 0.326 e. The Balaban J connectivity index is 3.19. The zero-order chi connectivity index (χ0) is 10.1. The molecule has 0 saturated heterocycles. The van der Waals surface area contributed by atoms with Gasteiger partial charge in [0, 0.05) is 6.54 Å². The zero-order valence-electron chi connectivity index (χ0n) is 7.15. The van der Waals surface area contributed by atoms with E-state index >= 15 is 0 Å². The van der Waals surface area contributed by atoms with Gasteiger partial charge in [0.15, 0.2) is 0 Å². The molecule has 1 aromatic rings. The lowest BCUT2D eigenvalue weighted by atomic mass is 10.0. The second-order valence-electron chi connectivity index (χ2n) is 2.85. The SMILES string of the molecule is Cc1ccc(CN)cc1C(F)(F)F. The van der Waals surface area contributed by atoms with E-state index in [4.69, 9.17) is 5.73 Å². The fourth-order valence-corrected chi connectivity index (χ4v) is 1.10. The van der Waals surface area contributed by atoms with E-state index in [1.165, 1.54) is 13.0 Å². The topological polar surface area (TPSA) is 26.0 Å². The molecule has 0 fully saturated rings. The van der Waals surface area contributed by atoms with E-state index in [1.807, 2.05) is 0 Å². The molecule has 72 valence electrons. The fraction of sp³-hybridized carbons (Fsp3) is 0.333. The standard InChI is InChI=1S/C9H10F3N/c1-6-2-3-7(5-13)4-8(6)9(10,11)12/h2-4H,5,13H2,1H3. The Morgan fingerprint density at radius 3 is 2.38 bits per heavy atom. The second-order valence-corrected chi connectivity index (χ2v) is 2.85. The lowest BCUT2D eigenvalue weighted by Crippen LogP contribution is -2.09. The van der Waals surface area contributed by atoms with E-state index in [-0.39, 0.29) is 12.1 Å². The molecular formula is C9H10F3N. The maximum Gasteiger partial charge on any atom is 0.416 e. The third-order valence-electron chi connectivity index (χ3n) is 1.84. The van der Waals surface area contributed by atoms with Gasteiger partial charge in [-0.1, -0.05) is 12.1 Å². The van der Waals surface area contributed by atoms with Crippen molar-refractivity contribution in [2.45, 2.75) is 19.6 Å². The van der Waals surface area contributed by atoms with Crippen molar-refractivity contribution in [3.8, 4) is 0 Å². The molecule has 0 radical (unpaired) electrons. The van der Waals surface area contributed by atoms with Crippen LogP contribution in [0.2, 0.25) is 0 Å². The molecule has 1 aromatic carbocycles. The molecule has 0 aliphatic rings. The molecular weight excluding hydrogens is 179 g/mol. The Hall–Kier alpha value is -1.03. The summed E-state index contributed by atoms with van der Waals surface area (Å²) in [6.45, 7) is 1.56. The number of nitrogens with two attached hydrogens (primary N) is 1. The summed E-state index contributed by atoms with van der Waals surface area (Å²) >= 11 is 0. The Morgan fingerprint density at radius 2 is 1.92 bits per heavy atom. The molecule has 1 rings (SSSR count). The lowest BCUT2D eigenvalue weighted by Gasteiger charge is -2.11. The number of rotatable bonds is 1. The van der Waals surface area contributed by atoms with Crippen LogP contribution in [0, 0.1) is 6.92 Å². The molecule has 2 N–H and O–H groups in total. The van der Waals surface area contributed by atoms with Gasteiger partial charge in [-0.25, -0.2) is 0 Å². The van der Waals surface area contributed by atoms with Crippen molar-refractivity contribution in [2.24, 2.45) is 5.73 Å². The first-order chi connectivity index (χ1) is 5.95. The molecule has 0 saturated carbocycles. The molecule has 0 bridgehead atoms. The van der Waals surface area contributed by atoms with Crippen molar-refractivity contribution in [3.05, 3.63) is 34.9 Å². The summed E-state index contributed by atoms with van der Waals surface area (Å²) in [5.41, 5.74) is 5.37. The van der Waals surface area contributed by atoms with Crippen molar-refractivity contribution in [2.75, 3.05) is 0 Å². The predicted molar refractivity (Wildman–Crippen MR) is 44.1 cm³/mol. The largest absolute Gasteiger partial charge is 0.416 e. The van der Waals surface area contributed by atoms with Crippen LogP contribution < -0.4 is 5.73 Å². The highest BCUT2D eigenvalue weighted by molar-refractivity contribution is 5.33. The van der Waals surface area contributed by atoms with E-state index in [0.29, 0.717) is 5.56 Å². The number of hydrogen-bond donors (Lipinski definition) is 1. The summed E-state index contributed by atoms with van der Waals surface area (Å²) in [4.78, 5) is 0. The van der Waals surface area contributed by atoms with Gasteiger partial charge in [-0.3, -0.25) is 0 Å². The van der Waals surface area contributed by atoms with E-state index in [0.717, 1.165) is 6.07 Å². The van der Waals surface area contributed by atoms with E-state index in [9.17, 15) is 13.2 Å². The van der Waals surface area contributed by atoms with Crippen LogP contribution in [0.4, 0.5) is 13.2 Å². The van der Waals surface area contributed by atoms with Gasteiger partial charge >= 0.3 is 6.18 Å². The summed E-state index contributed by atoms with van der Waals surface area (Å²) < 4.78 is 37.0. The van der Waals surface area contributed by atoms with Gasteiger partial charge in [0.2, 0.25) is 0 Å². The minimum Gasteiger partial charge on any atom is -0.326 e. The Morgan fingerprint density at radius 1 is 1.31 bits per heavy atom. The summed E-state index contributed by atoms with van der Waals surface area (Å²) in [5.74, 6) is 0. The van der Waals surface area contributed by atoms with Gasteiger partial charge in [-0.2, -0.15) is 13.2 Å². The molecule has 4 heteroatoms. The van der Waals surface area contributed by atoms with Crippen molar-refractivity contribution < 1.29 is 13.2 Å². The summed E-state index contributed by atoms with van der Waals surface area (Å²) in [6.07, 6.45) is -4.28. The first-order valence-corrected chi connectivity index (χ1v) is 3.82. The Labute approximate surface area is 74.4 Å². The van der Waals surface area contributed by atoms with Crippen LogP contribution in [0.5, 0.6) is 0 Å². The van der Waals surface area contributed by atoms with E-state index in [2.05, 4.69) is 0 Å². The molecule has 13 heavy (non-hydrogen) atoms. The molecule has 0 unspecified atom stereocenters. The average Bonchev–Trinajstić information content (AvgIpc) is 2.03. The molecule has 0 spiro atoms. The Bertz CT molecular complexity index is 304. The zero-order valence-corrected chi connectivity index (χ0v) is 7.15. The normalized spacial score (nSPS) is 11.8. The summed E-state index contributed by atoms with van der Waals surface area (Å²) in [5, 5.41) is 0. The predicted octanol–water partition coefficient (Wildman–Crippen LogP) is 2.47. The first kappa shape index (κ1) is 10.1. The van der Waals surface area contributed by atoms with Gasteiger partial charge in [0.25, 0.3) is 0 Å². The third kappa shape index (κ3) is 2.21. The van der Waals surface area contributed by atoms with Crippen LogP contribution in [0.1, 0.15) is 16.7 Å². The van der Waals surface area contributed by atoms with Crippen LogP contribution in [-0.4, -0.2) is 0 Å². The van der Waals surface area contributed by atoms with Crippen LogP contribution in [0.15, 0.2) is 18.2 Å². The average molecular weight is 189 g/mol. The van der Waals surface area contributed by atoms with Crippen molar-refractivity contribution in [1.82, 2.24) is 0 Å². The van der Waals surface area contributed by atoms with Crippen molar-refractivity contribution >= 4 is 0 Å². The van der Waals surface area contributed by atoms with Crippen LogP contribution >= 0.6 is 0 Å². The second kappa shape index (κ2) is 3.38. The number of halogens is 3. The Kier molecular flexibility index (Phi) is 2.61. The van der Waals surface area contributed by atoms with Crippen molar-refractivity contribution in [1.29, 1.82) is 0 Å². The van der Waals surface area contributed by atoms with Gasteiger partial charge in [0.05, 0.1) is 5.56 Å². The number of hydrogen-bond acceptors (Lipinski definition) is 1. The maximum atomic E-state index is 12.3. The fourth-order valence-electron chi connectivity index (χ4n) is 1.10. The summed E-state index contributed by atoms with van der Waals surface area (Å²) in [6, 6.07) is 4.13. The quantitative estimate of drug-likeness (QED) is 0.721. The van der Waals surface area contributed by atoms with Crippen LogP contribution in [0.3, 0.4) is 0 Å².